The summed E-state index contributed by atoms with van der Waals surface area (Å²) in [5.74, 6) is 1.64. The Hall–Kier alpha value is -4.76. The van der Waals surface area contributed by atoms with Crippen molar-refractivity contribution in [3.63, 3.8) is 0 Å². The zero-order chi connectivity index (χ0) is 26.3. The summed E-state index contributed by atoms with van der Waals surface area (Å²) in [4.78, 5) is 13.6. The SMILES string of the molecule is Cc1cc(C)n(-c2nc(N/N=C/c3ccccc3OCc3ccccc3)nc(Nc3ccc(Cl)cc3)n2)n1. The lowest BCUT2D eigenvalue weighted by Gasteiger charge is -2.10. The zero-order valence-corrected chi connectivity index (χ0v) is 21.6. The normalized spacial score (nSPS) is 11.0. The standard InChI is InChI=1S/C28H25ClN8O/c1-19-16-20(2)37(36-19)28-33-26(31-24-14-12-23(29)13-15-24)32-27(34-28)35-30-17-22-10-6-7-11-25(22)38-18-21-8-4-3-5-9-21/h3-17H,18H2,1-2H3,(H2,31,32,33,34,35)/b30-17+. The van der Waals surface area contributed by atoms with E-state index in [9.17, 15) is 0 Å². The minimum absolute atomic E-state index is 0.248. The first-order chi connectivity index (χ1) is 18.5. The van der Waals surface area contributed by atoms with Crippen molar-refractivity contribution in [3.8, 4) is 11.7 Å². The number of nitrogens with zero attached hydrogens (tertiary/aromatic N) is 6. The average Bonchev–Trinajstić information content (AvgIpc) is 3.27. The molecule has 3 aromatic carbocycles. The van der Waals surface area contributed by atoms with Crippen LogP contribution in [-0.2, 0) is 6.61 Å². The van der Waals surface area contributed by atoms with Crippen molar-refractivity contribution < 1.29 is 4.74 Å². The van der Waals surface area contributed by atoms with Gasteiger partial charge in [0, 0.05) is 22.0 Å². The molecule has 0 unspecified atom stereocenters. The number of nitrogens with one attached hydrogen (secondary N) is 2. The first-order valence-corrected chi connectivity index (χ1v) is 12.3. The van der Waals surface area contributed by atoms with E-state index in [1.165, 1.54) is 0 Å². The highest BCUT2D eigenvalue weighted by Crippen LogP contribution is 2.20. The molecule has 2 N–H and O–H groups in total. The van der Waals surface area contributed by atoms with Gasteiger partial charge in [0.25, 0.3) is 5.95 Å². The van der Waals surface area contributed by atoms with Crippen molar-refractivity contribution >= 4 is 35.4 Å². The molecule has 0 saturated heterocycles. The number of halogens is 1. The van der Waals surface area contributed by atoms with Crippen LogP contribution in [0.1, 0.15) is 22.5 Å². The number of benzene rings is 3. The highest BCUT2D eigenvalue weighted by Gasteiger charge is 2.12. The Morgan fingerprint density at radius 1 is 0.895 bits per heavy atom. The smallest absolute Gasteiger partial charge is 0.257 e. The Morgan fingerprint density at radius 3 is 2.39 bits per heavy atom. The molecule has 38 heavy (non-hydrogen) atoms. The van der Waals surface area contributed by atoms with Gasteiger partial charge in [-0.1, -0.05) is 54.1 Å². The predicted octanol–water partition coefficient (Wildman–Crippen LogP) is 6.10. The molecule has 0 aliphatic heterocycles. The molecule has 0 aliphatic carbocycles. The molecule has 0 bridgehead atoms. The van der Waals surface area contributed by atoms with E-state index in [1.807, 2.05) is 86.6 Å². The number of para-hydroxylation sites is 1. The maximum Gasteiger partial charge on any atom is 0.257 e. The van der Waals surface area contributed by atoms with Crippen LogP contribution in [0.15, 0.2) is 90.0 Å². The predicted molar refractivity (Wildman–Crippen MR) is 150 cm³/mol. The average molecular weight is 525 g/mol. The van der Waals surface area contributed by atoms with Crippen molar-refractivity contribution in [2.45, 2.75) is 20.5 Å². The fourth-order valence-electron chi connectivity index (χ4n) is 3.67. The summed E-state index contributed by atoms with van der Waals surface area (Å²) < 4.78 is 7.68. The molecular weight excluding hydrogens is 500 g/mol. The summed E-state index contributed by atoms with van der Waals surface area (Å²) >= 11 is 6.02. The van der Waals surface area contributed by atoms with Crippen LogP contribution < -0.4 is 15.5 Å². The summed E-state index contributed by atoms with van der Waals surface area (Å²) in [6.45, 7) is 4.31. The van der Waals surface area contributed by atoms with E-state index in [4.69, 9.17) is 16.3 Å². The third-order valence-corrected chi connectivity index (χ3v) is 5.70. The molecule has 0 saturated carbocycles. The molecule has 0 fully saturated rings. The van der Waals surface area contributed by atoms with Gasteiger partial charge in [-0.3, -0.25) is 0 Å². The molecule has 0 aliphatic rings. The van der Waals surface area contributed by atoms with E-state index in [2.05, 4.69) is 35.9 Å². The molecule has 5 aromatic rings. The number of anilines is 3. The van der Waals surface area contributed by atoms with E-state index < -0.39 is 0 Å². The topological polar surface area (TPSA) is 102 Å². The summed E-state index contributed by atoms with van der Waals surface area (Å²) in [6.07, 6.45) is 1.67. The number of hydrogen-bond acceptors (Lipinski definition) is 8. The van der Waals surface area contributed by atoms with Crippen molar-refractivity contribution in [1.29, 1.82) is 0 Å². The maximum atomic E-state index is 6.02. The molecule has 0 atom stereocenters. The molecule has 0 spiro atoms. The highest BCUT2D eigenvalue weighted by atomic mass is 35.5. The fraction of sp³-hybridized carbons (Fsp3) is 0.107. The van der Waals surface area contributed by atoms with Crippen LogP contribution in [0.2, 0.25) is 5.02 Å². The molecule has 0 amide bonds. The van der Waals surface area contributed by atoms with E-state index in [0.717, 1.165) is 28.2 Å². The fourth-order valence-corrected chi connectivity index (χ4v) is 3.80. The largest absolute Gasteiger partial charge is 0.488 e. The second-order valence-electron chi connectivity index (χ2n) is 8.44. The van der Waals surface area contributed by atoms with E-state index in [-0.39, 0.29) is 5.95 Å². The Bertz CT molecular complexity index is 1550. The molecule has 0 radical (unpaired) electrons. The second-order valence-corrected chi connectivity index (χ2v) is 8.87. The third-order valence-electron chi connectivity index (χ3n) is 5.45. The molecule has 2 heterocycles. The van der Waals surface area contributed by atoms with Crippen LogP contribution in [0, 0.1) is 13.8 Å². The van der Waals surface area contributed by atoms with Crippen LogP contribution in [0.5, 0.6) is 5.75 Å². The molecule has 5 rings (SSSR count). The van der Waals surface area contributed by atoms with Crippen LogP contribution >= 0.6 is 11.6 Å². The highest BCUT2D eigenvalue weighted by molar-refractivity contribution is 6.30. The number of aryl methyl sites for hydroxylation is 2. The lowest BCUT2D eigenvalue weighted by atomic mass is 10.2. The van der Waals surface area contributed by atoms with Crippen LogP contribution in [0.3, 0.4) is 0 Å². The molecule has 9 nitrogen and oxygen atoms in total. The van der Waals surface area contributed by atoms with Gasteiger partial charge in [0.2, 0.25) is 11.9 Å². The minimum Gasteiger partial charge on any atom is -0.488 e. The monoisotopic (exact) mass is 524 g/mol. The first-order valence-electron chi connectivity index (χ1n) is 11.9. The van der Waals surface area contributed by atoms with Crippen molar-refractivity contribution in [1.82, 2.24) is 24.7 Å². The van der Waals surface area contributed by atoms with Crippen LogP contribution in [0.4, 0.5) is 17.6 Å². The Kier molecular flexibility index (Phi) is 7.56. The van der Waals surface area contributed by atoms with E-state index >= 15 is 0 Å². The quantitative estimate of drug-likeness (QED) is 0.177. The van der Waals surface area contributed by atoms with Crippen LogP contribution in [-0.4, -0.2) is 30.9 Å². The lowest BCUT2D eigenvalue weighted by molar-refractivity contribution is 0.306. The zero-order valence-electron chi connectivity index (χ0n) is 20.8. The molecule has 190 valence electrons. The third kappa shape index (κ3) is 6.32. The van der Waals surface area contributed by atoms with Gasteiger partial charge in [0.15, 0.2) is 0 Å². The Balaban J connectivity index is 1.38. The number of hydrogen-bond donors (Lipinski definition) is 2. The van der Waals surface area contributed by atoms with Crippen LogP contribution in [0.25, 0.3) is 5.95 Å². The van der Waals surface area contributed by atoms with Gasteiger partial charge in [-0.2, -0.15) is 25.2 Å². The second kappa shape index (κ2) is 11.5. The summed E-state index contributed by atoms with van der Waals surface area (Å²) in [5.41, 5.74) is 7.33. The van der Waals surface area contributed by atoms with Gasteiger partial charge < -0.3 is 10.1 Å². The maximum absolute atomic E-state index is 6.02. The van der Waals surface area contributed by atoms with Crippen molar-refractivity contribution in [2.24, 2.45) is 5.10 Å². The molecule has 2 aromatic heterocycles. The Labute approximate surface area is 225 Å². The van der Waals surface area contributed by atoms with Gasteiger partial charge in [-0.25, -0.2) is 10.1 Å². The van der Waals surface area contributed by atoms with E-state index in [1.54, 1.807) is 23.0 Å². The van der Waals surface area contributed by atoms with Gasteiger partial charge in [0.05, 0.1) is 11.9 Å². The van der Waals surface area contributed by atoms with Crippen molar-refractivity contribution in [2.75, 3.05) is 10.7 Å². The van der Waals surface area contributed by atoms with Gasteiger partial charge in [-0.15, -0.1) is 0 Å². The first kappa shape index (κ1) is 24.9. The van der Waals surface area contributed by atoms with Gasteiger partial charge >= 0.3 is 0 Å². The molecular formula is C28H25ClN8O. The number of hydrazone groups is 1. The number of ether oxygens (including phenoxy) is 1. The summed E-state index contributed by atoms with van der Waals surface area (Å²) in [5, 5.41) is 12.7. The Morgan fingerprint density at radius 2 is 1.63 bits per heavy atom. The summed E-state index contributed by atoms with van der Waals surface area (Å²) in [7, 11) is 0. The molecule has 10 heteroatoms. The van der Waals surface area contributed by atoms with E-state index in [0.29, 0.717) is 29.3 Å². The lowest BCUT2D eigenvalue weighted by Crippen LogP contribution is -2.11. The minimum atomic E-state index is 0.248. The number of aromatic nitrogens is 5. The van der Waals surface area contributed by atoms with Gasteiger partial charge in [0.1, 0.15) is 12.4 Å². The van der Waals surface area contributed by atoms with Crippen molar-refractivity contribution in [3.05, 3.63) is 112 Å². The van der Waals surface area contributed by atoms with Gasteiger partial charge in [-0.05, 0) is 61.9 Å². The summed E-state index contributed by atoms with van der Waals surface area (Å²) in [6, 6.07) is 26.9. The number of rotatable bonds is 9.